The van der Waals surface area contributed by atoms with Crippen molar-refractivity contribution in [3.05, 3.63) is 59.7 Å². The third-order valence-corrected chi connectivity index (χ3v) is 3.79. The number of rotatable bonds is 5. The van der Waals surface area contributed by atoms with Gasteiger partial charge in [0.2, 0.25) is 5.91 Å². The normalized spacial score (nSPS) is 15.0. The Hall–Kier alpha value is -2.47. The van der Waals surface area contributed by atoms with Crippen molar-refractivity contribution < 1.29 is 18.3 Å². The SMILES string of the molecule is CC(=O)Nc1ccc(CN2CC(Oc3ccc(F)cc3F)C2)cc1. The number of halogens is 2. The number of likely N-dealkylation sites (tertiary alicyclic amines) is 1. The van der Waals surface area contributed by atoms with Crippen molar-refractivity contribution in [1.82, 2.24) is 4.90 Å². The first-order chi connectivity index (χ1) is 11.5. The molecule has 1 amide bonds. The molecule has 2 aromatic rings. The molecule has 0 atom stereocenters. The van der Waals surface area contributed by atoms with Gasteiger partial charge in [0.15, 0.2) is 11.6 Å². The molecule has 3 rings (SSSR count). The second kappa shape index (κ2) is 6.97. The van der Waals surface area contributed by atoms with Crippen molar-refractivity contribution in [2.24, 2.45) is 0 Å². The molecule has 1 N–H and O–H groups in total. The average molecular weight is 332 g/mol. The van der Waals surface area contributed by atoms with Crippen LogP contribution in [0.3, 0.4) is 0 Å². The maximum atomic E-state index is 13.5. The minimum absolute atomic E-state index is 0.0840. The van der Waals surface area contributed by atoms with Crippen LogP contribution in [0.1, 0.15) is 12.5 Å². The molecule has 0 radical (unpaired) electrons. The zero-order valence-electron chi connectivity index (χ0n) is 13.3. The summed E-state index contributed by atoms with van der Waals surface area (Å²) in [5, 5.41) is 2.72. The Morgan fingerprint density at radius 2 is 1.92 bits per heavy atom. The van der Waals surface area contributed by atoms with E-state index in [4.69, 9.17) is 4.74 Å². The summed E-state index contributed by atoms with van der Waals surface area (Å²) in [4.78, 5) is 13.1. The molecule has 2 aromatic carbocycles. The smallest absolute Gasteiger partial charge is 0.221 e. The van der Waals surface area contributed by atoms with Gasteiger partial charge in [-0.25, -0.2) is 8.78 Å². The number of ether oxygens (including phenoxy) is 1. The molecule has 4 nitrogen and oxygen atoms in total. The summed E-state index contributed by atoms with van der Waals surface area (Å²) in [6.07, 6.45) is -0.0939. The summed E-state index contributed by atoms with van der Waals surface area (Å²) in [6.45, 7) is 3.60. The van der Waals surface area contributed by atoms with Crippen molar-refractivity contribution >= 4 is 11.6 Å². The Morgan fingerprint density at radius 1 is 1.21 bits per heavy atom. The number of hydrogen-bond acceptors (Lipinski definition) is 3. The minimum Gasteiger partial charge on any atom is -0.485 e. The van der Waals surface area contributed by atoms with E-state index >= 15 is 0 Å². The quantitative estimate of drug-likeness (QED) is 0.914. The van der Waals surface area contributed by atoms with E-state index in [2.05, 4.69) is 10.2 Å². The Bertz CT molecular complexity index is 728. The molecule has 1 aliphatic rings. The molecule has 126 valence electrons. The first-order valence-electron chi connectivity index (χ1n) is 7.70. The number of amides is 1. The number of anilines is 1. The second-order valence-corrected chi connectivity index (χ2v) is 5.89. The number of hydrogen-bond donors (Lipinski definition) is 1. The van der Waals surface area contributed by atoms with E-state index in [0.29, 0.717) is 13.1 Å². The van der Waals surface area contributed by atoms with E-state index in [1.165, 1.54) is 19.1 Å². The van der Waals surface area contributed by atoms with Gasteiger partial charge in [-0.1, -0.05) is 12.1 Å². The van der Waals surface area contributed by atoms with Crippen LogP contribution < -0.4 is 10.1 Å². The molecule has 1 aliphatic heterocycles. The van der Waals surface area contributed by atoms with Crippen molar-refractivity contribution in [1.29, 1.82) is 0 Å². The van der Waals surface area contributed by atoms with E-state index in [1.807, 2.05) is 24.3 Å². The molecule has 0 saturated carbocycles. The molecule has 24 heavy (non-hydrogen) atoms. The first kappa shape index (κ1) is 16.4. The molecule has 0 aromatic heterocycles. The Kier molecular flexibility index (Phi) is 4.76. The Morgan fingerprint density at radius 3 is 2.54 bits per heavy atom. The van der Waals surface area contributed by atoms with Crippen LogP contribution in [0, 0.1) is 11.6 Å². The predicted molar refractivity (Wildman–Crippen MR) is 86.8 cm³/mol. The van der Waals surface area contributed by atoms with Gasteiger partial charge in [0.1, 0.15) is 11.9 Å². The van der Waals surface area contributed by atoms with Crippen LogP contribution in [-0.4, -0.2) is 30.0 Å². The summed E-state index contributed by atoms with van der Waals surface area (Å²) in [7, 11) is 0. The van der Waals surface area contributed by atoms with Gasteiger partial charge in [-0.2, -0.15) is 0 Å². The summed E-state index contributed by atoms with van der Waals surface area (Å²) in [5.41, 5.74) is 1.89. The standard InChI is InChI=1S/C18H18F2N2O2/c1-12(23)21-15-5-2-13(3-6-15)9-22-10-16(11-22)24-18-7-4-14(19)8-17(18)20/h2-8,16H,9-11H2,1H3,(H,21,23). The zero-order chi connectivity index (χ0) is 17.1. The van der Waals surface area contributed by atoms with Gasteiger partial charge in [-0.3, -0.25) is 9.69 Å². The average Bonchev–Trinajstić information content (AvgIpc) is 2.48. The number of benzene rings is 2. The first-order valence-corrected chi connectivity index (χ1v) is 7.70. The number of nitrogens with one attached hydrogen (secondary N) is 1. The van der Waals surface area contributed by atoms with E-state index in [-0.39, 0.29) is 17.8 Å². The van der Waals surface area contributed by atoms with Gasteiger partial charge in [0.25, 0.3) is 0 Å². The summed E-state index contributed by atoms with van der Waals surface area (Å²) >= 11 is 0. The van der Waals surface area contributed by atoms with Gasteiger partial charge >= 0.3 is 0 Å². The summed E-state index contributed by atoms with van der Waals surface area (Å²) < 4.78 is 31.9. The fraction of sp³-hybridized carbons (Fsp3) is 0.278. The molecule has 1 heterocycles. The molecule has 6 heteroatoms. The molecule has 0 spiro atoms. The van der Waals surface area contributed by atoms with Crippen LogP contribution in [0.5, 0.6) is 5.75 Å². The maximum absolute atomic E-state index is 13.5. The molecule has 1 fully saturated rings. The third kappa shape index (κ3) is 4.08. The fourth-order valence-electron chi connectivity index (χ4n) is 2.63. The second-order valence-electron chi connectivity index (χ2n) is 5.89. The van der Waals surface area contributed by atoms with Crippen molar-refractivity contribution in [2.45, 2.75) is 19.6 Å². The highest BCUT2D eigenvalue weighted by Crippen LogP contribution is 2.23. The van der Waals surface area contributed by atoms with Gasteiger partial charge in [0.05, 0.1) is 0 Å². The highest BCUT2D eigenvalue weighted by Gasteiger charge is 2.29. The zero-order valence-corrected chi connectivity index (χ0v) is 13.3. The molecular weight excluding hydrogens is 314 g/mol. The summed E-state index contributed by atoms with van der Waals surface area (Å²) in [5.74, 6) is -1.31. The minimum atomic E-state index is -0.679. The van der Waals surface area contributed by atoms with Crippen LogP contribution in [-0.2, 0) is 11.3 Å². The lowest BCUT2D eigenvalue weighted by Crippen LogP contribution is -2.53. The highest BCUT2D eigenvalue weighted by molar-refractivity contribution is 5.88. The predicted octanol–water partition coefficient (Wildman–Crippen LogP) is 3.19. The number of carbonyl (C=O) groups excluding carboxylic acids is 1. The van der Waals surface area contributed by atoms with Crippen molar-refractivity contribution in [3.63, 3.8) is 0 Å². The van der Waals surface area contributed by atoms with Crippen molar-refractivity contribution in [3.8, 4) is 5.75 Å². The van der Waals surface area contributed by atoms with Gasteiger partial charge in [0, 0.05) is 38.3 Å². The topological polar surface area (TPSA) is 41.6 Å². The molecule has 1 saturated heterocycles. The van der Waals surface area contributed by atoms with Gasteiger partial charge in [-0.05, 0) is 29.8 Å². The lowest BCUT2D eigenvalue weighted by atomic mass is 10.1. The molecule has 0 aliphatic carbocycles. The van der Waals surface area contributed by atoms with E-state index < -0.39 is 11.6 Å². The molecule has 0 bridgehead atoms. The monoisotopic (exact) mass is 332 g/mol. The largest absolute Gasteiger partial charge is 0.485 e. The fourth-order valence-corrected chi connectivity index (χ4v) is 2.63. The number of nitrogens with zero attached hydrogens (tertiary/aromatic N) is 1. The van der Waals surface area contributed by atoms with Crippen LogP contribution >= 0.6 is 0 Å². The lowest BCUT2D eigenvalue weighted by molar-refractivity contribution is -0.114. The molecule has 0 unspecified atom stereocenters. The lowest BCUT2D eigenvalue weighted by Gasteiger charge is -2.39. The van der Waals surface area contributed by atoms with Crippen LogP contribution in [0.4, 0.5) is 14.5 Å². The van der Waals surface area contributed by atoms with Gasteiger partial charge in [-0.15, -0.1) is 0 Å². The number of carbonyl (C=O) groups is 1. The third-order valence-electron chi connectivity index (χ3n) is 3.79. The van der Waals surface area contributed by atoms with E-state index in [0.717, 1.165) is 23.9 Å². The Labute approximate surface area is 139 Å². The van der Waals surface area contributed by atoms with Gasteiger partial charge < -0.3 is 10.1 Å². The van der Waals surface area contributed by atoms with E-state index in [1.54, 1.807) is 0 Å². The van der Waals surface area contributed by atoms with Crippen LogP contribution in [0.15, 0.2) is 42.5 Å². The van der Waals surface area contributed by atoms with E-state index in [9.17, 15) is 13.6 Å². The van der Waals surface area contributed by atoms with Crippen LogP contribution in [0.2, 0.25) is 0 Å². The maximum Gasteiger partial charge on any atom is 0.221 e. The Balaban J connectivity index is 1.47. The molecular formula is C18H18F2N2O2. The van der Waals surface area contributed by atoms with Crippen molar-refractivity contribution in [2.75, 3.05) is 18.4 Å². The summed E-state index contributed by atoms with van der Waals surface area (Å²) in [6, 6.07) is 11.0. The highest BCUT2D eigenvalue weighted by atomic mass is 19.1. The van der Waals surface area contributed by atoms with Crippen LogP contribution in [0.25, 0.3) is 0 Å².